The number of nitrogen functional groups attached to an aromatic ring is 1. The van der Waals surface area contributed by atoms with E-state index >= 15 is 0 Å². The molecule has 2 aromatic rings. The number of aryl methyl sites for hydroxylation is 1. The molecule has 7 heteroatoms. The Morgan fingerprint density at radius 3 is 2.68 bits per heavy atom. The fourth-order valence-corrected chi connectivity index (χ4v) is 4.86. The lowest BCUT2D eigenvalue weighted by Gasteiger charge is -2.25. The summed E-state index contributed by atoms with van der Waals surface area (Å²) in [4.78, 5) is 15.1. The molecule has 0 spiro atoms. The van der Waals surface area contributed by atoms with Crippen molar-refractivity contribution in [3.8, 4) is 0 Å². The maximum atomic E-state index is 14.1. The molecule has 0 radical (unpaired) electrons. The van der Waals surface area contributed by atoms with E-state index in [2.05, 4.69) is 10.1 Å². The number of carbonyl (C=O) groups is 1. The molecule has 6 nitrogen and oxygen atoms in total. The Kier molecular flexibility index (Phi) is 3.64. The minimum atomic E-state index is -1.13. The molecule has 2 saturated carbocycles. The number of halogens is 1. The SMILES string of the molecule is Cn1nc(C2CC3CC(O)(c4ccncc4F)CC3C2)c(C=O)c1N. The number of pyridine rings is 1. The molecule has 3 N–H and O–H groups in total. The highest BCUT2D eigenvalue weighted by Gasteiger charge is 2.51. The largest absolute Gasteiger partial charge is 0.385 e. The number of anilines is 1. The second-order valence-electron chi connectivity index (χ2n) is 7.41. The van der Waals surface area contributed by atoms with Gasteiger partial charge in [-0.3, -0.25) is 14.5 Å². The molecule has 132 valence electrons. The van der Waals surface area contributed by atoms with Gasteiger partial charge in [0.05, 0.1) is 23.1 Å². The summed E-state index contributed by atoms with van der Waals surface area (Å²) in [6.45, 7) is 0. The molecule has 0 aliphatic heterocycles. The summed E-state index contributed by atoms with van der Waals surface area (Å²) in [5.41, 5.74) is 6.34. The van der Waals surface area contributed by atoms with Crippen LogP contribution < -0.4 is 5.73 Å². The van der Waals surface area contributed by atoms with Crippen LogP contribution in [0.2, 0.25) is 0 Å². The fourth-order valence-electron chi connectivity index (χ4n) is 4.86. The summed E-state index contributed by atoms with van der Waals surface area (Å²) < 4.78 is 15.6. The van der Waals surface area contributed by atoms with E-state index in [0.29, 0.717) is 29.8 Å². The average molecular weight is 344 g/mol. The Morgan fingerprint density at radius 1 is 1.40 bits per heavy atom. The van der Waals surface area contributed by atoms with Gasteiger partial charge in [-0.1, -0.05) is 0 Å². The number of hydrogen-bond donors (Lipinski definition) is 2. The number of nitrogens with two attached hydrogens (primary N) is 1. The van der Waals surface area contributed by atoms with E-state index in [1.54, 1.807) is 13.1 Å². The minimum Gasteiger partial charge on any atom is -0.385 e. The van der Waals surface area contributed by atoms with Crippen molar-refractivity contribution in [1.82, 2.24) is 14.8 Å². The van der Waals surface area contributed by atoms with Crippen LogP contribution in [0.15, 0.2) is 18.5 Å². The van der Waals surface area contributed by atoms with Crippen molar-refractivity contribution >= 4 is 12.1 Å². The number of aromatic nitrogens is 3. The summed E-state index contributed by atoms with van der Waals surface area (Å²) in [5.74, 6) is 0.654. The Morgan fingerprint density at radius 2 is 2.08 bits per heavy atom. The monoisotopic (exact) mass is 344 g/mol. The number of aliphatic hydroxyl groups is 1. The summed E-state index contributed by atoms with van der Waals surface area (Å²) in [6, 6.07) is 1.57. The zero-order valence-corrected chi connectivity index (χ0v) is 14.0. The number of rotatable bonds is 3. The van der Waals surface area contributed by atoms with Crippen molar-refractivity contribution in [2.24, 2.45) is 18.9 Å². The van der Waals surface area contributed by atoms with Crippen molar-refractivity contribution in [2.45, 2.75) is 37.2 Å². The molecule has 0 aromatic carbocycles. The van der Waals surface area contributed by atoms with Crippen LogP contribution >= 0.6 is 0 Å². The molecule has 4 rings (SSSR count). The lowest BCUT2D eigenvalue weighted by atomic mass is 9.87. The Labute approximate surface area is 144 Å². The van der Waals surface area contributed by atoms with Gasteiger partial charge in [0.1, 0.15) is 11.6 Å². The van der Waals surface area contributed by atoms with Gasteiger partial charge in [0.2, 0.25) is 0 Å². The maximum absolute atomic E-state index is 14.1. The quantitative estimate of drug-likeness (QED) is 0.832. The number of nitrogens with zero attached hydrogens (tertiary/aromatic N) is 3. The van der Waals surface area contributed by atoms with Crippen LogP contribution in [-0.2, 0) is 12.6 Å². The van der Waals surface area contributed by atoms with Crippen molar-refractivity contribution in [3.63, 3.8) is 0 Å². The number of carbonyl (C=O) groups excluding carboxylic acids is 1. The molecule has 2 aliphatic rings. The van der Waals surface area contributed by atoms with E-state index in [9.17, 15) is 14.3 Å². The zero-order valence-electron chi connectivity index (χ0n) is 14.0. The lowest BCUT2D eigenvalue weighted by Crippen LogP contribution is -2.24. The molecule has 2 atom stereocenters. The minimum absolute atomic E-state index is 0.158. The number of fused-ring (bicyclic) bond motifs is 1. The first-order valence-corrected chi connectivity index (χ1v) is 8.53. The van der Waals surface area contributed by atoms with E-state index in [0.717, 1.165) is 31.0 Å². The van der Waals surface area contributed by atoms with Gasteiger partial charge >= 0.3 is 0 Å². The summed E-state index contributed by atoms with van der Waals surface area (Å²) in [7, 11) is 1.73. The first-order valence-electron chi connectivity index (χ1n) is 8.53. The topological polar surface area (TPSA) is 94.0 Å². The molecule has 0 amide bonds. The number of hydrogen-bond acceptors (Lipinski definition) is 5. The first kappa shape index (κ1) is 16.2. The van der Waals surface area contributed by atoms with Gasteiger partial charge in [-0.25, -0.2) is 4.39 Å². The zero-order chi connectivity index (χ0) is 17.8. The molecular weight excluding hydrogens is 323 g/mol. The van der Waals surface area contributed by atoms with Crippen molar-refractivity contribution in [2.75, 3.05) is 5.73 Å². The van der Waals surface area contributed by atoms with E-state index in [4.69, 9.17) is 5.73 Å². The molecule has 2 aromatic heterocycles. The van der Waals surface area contributed by atoms with Crippen LogP contribution in [0.3, 0.4) is 0 Å². The van der Waals surface area contributed by atoms with Gasteiger partial charge in [-0.2, -0.15) is 5.10 Å². The van der Waals surface area contributed by atoms with E-state index < -0.39 is 11.4 Å². The molecule has 25 heavy (non-hydrogen) atoms. The maximum Gasteiger partial charge on any atom is 0.155 e. The molecular formula is C18H21FN4O2. The van der Waals surface area contributed by atoms with Gasteiger partial charge < -0.3 is 10.8 Å². The highest BCUT2D eigenvalue weighted by atomic mass is 19.1. The summed E-state index contributed by atoms with van der Waals surface area (Å²) in [6.07, 6.45) is 6.14. The van der Waals surface area contributed by atoms with Crippen LogP contribution in [-0.4, -0.2) is 26.2 Å². The number of aldehydes is 1. The molecule has 0 saturated heterocycles. The predicted octanol–water partition coefficient (Wildman–Crippen LogP) is 2.14. The van der Waals surface area contributed by atoms with Crippen molar-refractivity contribution in [3.05, 3.63) is 41.1 Å². The molecule has 0 bridgehead atoms. The highest BCUT2D eigenvalue weighted by Crippen LogP contribution is 2.57. The second-order valence-corrected chi connectivity index (χ2v) is 7.41. The molecule has 2 heterocycles. The summed E-state index contributed by atoms with van der Waals surface area (Å²) >= 11 is 0. The third-order valence-corrected chi connectivity index (χ3v) is 5.98. The van der Waals surface area contributed by atoms with Crippen LogP contribution in [0, 0.1) is 17.7 Å². The molecule has 2 unspecified atom stereocenters. The highest BCUT2D eigenvalue weighted by molar-refractivity contribution is 5.83. The Bertz CT molecular complexity index is 820. The van der Waals surface area contributed by atoms with Crippen molar-refractivity contribution in [1.29, 1.82) is 0 Å². The first-order chi connectivity index (χ1) is 11.9. The van der Waals surface area contributed by atoms with Gasteiger partial charge in [0, 0.05) is 24.7 Å². The van der Waals surface area contributed by atoms with Gasteiger partial charge in [-0.05, 0) is 43.6 Å². The average Bonchev–Trinajstić information content (AvgIpc) is 3.18. The predicted molar refractivity (Wildman–Crippen MR) is 89.3 cm³/mol. The fraction of sp³-hybridized carbons (Fsp3) is 0.500. The van der Waals surface area contributed by atoms with E-state index in [-0.39, 0.29) is 17.8 Å². The summed E-state index contributed by atoms with van der Waals surface area (Å²) in [5, 5.41) is 15.4. The lowest BCUT2D eigenvalue weighted by molar-refractivity contribution is 0.0308. The van der Waals surface area contributed by atoms with Crippen LogP contribution in [0.25, 0.3) is 0 Å². The van der Waals surface area contributed by atoms with Crippen molar-refractivity contribution < 1.29 is 14.3 Å². The normalized spacial score (nSPS) is 31.2. The Hall–Kier alpha value is -2.28. The van der Waals surface area contributed by atoms with Gasteiger partial charge in [0.15, 0.2) is 6.29 Å². The molecule has 2 aliphatic carbocycles. The van der Waals surface area contributed by atoms with Crippen LogP contribution in [0.5, 0.6) is 0 Å². The van der Waals surface area contributed by atoms with E-state index in [1.165, 1.54) is 10.9 Å². The van der Waals surface area contributed by atoms with Crippen LogP contribution in [0.4, 0.5) is 10.2 Å². The van der Waals surface area contributed by atoms with Crippen LogP contribution in [0.1, 0.15) is 53.2 Å². The van der Waals surface area contributed by atoms with Gasteiger partial charge in [-0.15, -0.1) is 0 Å². The van der Waals surface area contributed by atoms with E-state index in [1.807, 2.05) is 0 Å². The third-order valence-electron chi connectivity index (χ3n) is 5.98. The standard InChI is InChI=1S/C18H21FN4O2/c1-23-17(20)13(9-24)16(22-23)10-4-11-6-18(25,7-12(11)5-10)14-2-3-21-8-15(14)19/h2-3,8-12,25H,4-7,20H2,1H3. The van der Waals surface area contributed by atoms with Gasteiger partial charge in [0.25, 0.3) is 0 Å². The molecule has 2 fully saturated rings. The smallest absolute Gasteiger partial charge is 0.155 e. The Balaban J connectivity index is 1.56. The third kappa shape index (κ3) is 2.45. The second kappa shape index (κ2) is 5.62.